The van der Waals surface area contributed by atoms with Gasteiger partial charge in [-0.05, 0) is 31.5 Å². The van der Waals surface area contributed by atoms with Crippen LogP contribution in [0.2, 0.25) is 0 Å². The van der Waals surface area contributed by atoms with E-state index in [9.17, 15) is 9.59 Å². The summed E-state index contributed by atoms with van der Waals surface area (Å²) in [6, 6.07) is 6.75. The van der Waals surface area contributed by atoms with Crippen LogP contribution in [0.3, 0.4) is 0 Å². The smallest absolute Gasteiger partial charge is 0.337 e. The lowest BCUT2D eigenvalue weighted by Crippen LogP contribution is -2.12. The first-order valence-electron chi connectivity index (χ1n) is 7.12. The summed E-state index contributed by atoms with van der Waals surface area (Å²) in [5.41, 5.74) is 0.432. The fourth-order valence-corrected chi connectivity index (χ4v) is 2.53. The minimum absolute atomic E-state index is 0.0914. The number of rotatable bonds is 7. The summed E-state index contributed by atoms with van der Waals surface area (Å²) in [4.78, 5) is 28.3. The van der Waals surface area contributed by atoms with E-state index in [4.69, 9.17) is 4.74 Å². The maximum Gasteiger partial charge on any atom is 0.337 e. The van der Waals surface area contributed by atoms with Gasteiger partial charge in [-0.1, -0.05) is 6.07 Å². The standard InChI is InChI=1S/C16H18N2O4S/c1-11-10-17-16(23-11)18-14(19)7-4-8-22-13-6-3-5-12(9-13)15(20)21-2/h3,5-6,9-10H,4,7-8H2,1-2H3,(H,17,18,19). The number of anilines is 1. The van der Waals surface area contributed by atoms with Gasteiger partial charge in [0, 0.05) is 17.5 Å². The molecule has 0 fully saturated rings. The number of benzene rings is 1. The molecular formula is C16H18N2O4S. The van der Waals surface area contributed by atoms with Gasteiger partial charge in [0.05, 0.1) is 19.3 Å². The summed E-state index contributed by atoms with van der Waals surface area (Å²) in [5, 5.41) is 3.36. The summed E-state index contributed by atoms with van der Waals surface area (Å²) in [5.74, 6) is 0.0729. The van der Waals surface area contributed by atoms with E-state index in [1.807, 2.05) is 6.92 Å². The minimum atomic E-state index is -0.409. The SMILES string of the molecule is COC(=O)c1cccc(OCCCC(=O)Nc2ncc(C)s2)c1. The van der Waals surface area contributed by atoms with Gasteiger partial charge in [-0.25, -0.2) is 9.78 Å². The number of ether oxygens (including phenoxy) is 2. The van der Waals surface area contributed by atoms with Gasteiger partial charge in [0.1, 0.15) is 5.75 Å². The highest BCUT2D eigenvalue weighted by molar-refractivity contribution is 7.15. The number of aromatic nitrogens is 1. The molecule has 7 heteroatoms. The number of amides is 1. The topological polar surface area (TPSA) is 77.5 Å². The van der Waals surface area contributed by atoms with E-state index in [-0.39, 0.29) is 5.91 Å². The van der Waals surface area contributed by atoms with Crippen molar-refractivity contribution in [2.45, 2.75) is 19.8 Å². The Kier molecular flexibility index (Phi) is 6.10. The first kappa shape index (κ1) is 17.0. The van der Waals surface area contributed by atoms with Crippen LogP contribution >= 0.6 is 11.3 Å². The van der Waals surface area contributed by atoms with E-state index in [1.165, 1.54) is 18.4 Å². The third-order valence-corrected chi connectivity index (χ3v) is 3.77. The molecule has 1 amide bonds. The van der Waals surface area contributed by atoms with Crippen LogP contribution in [0.1, 0.15) is 28.1 Å². The number of hydrogen-bond acceptors (Lipinski definition) is 6. The molecule has 0 bridgehead atoms. The average molecular weight is 334 g/mol. The Labute approximate surface area is 138 Å². The lowest BCUT2D eigenvalue weighted by molar-refractivity contribution is -0.116. The van der Waals surface area contributed by atoms with Crippen molar-refractivity contribution in [1.82, 2.24) is 4.98 Å². The molecule has 2 rings (SSSR count). The molecule has 0 saturated carbocycles. The van der Waals surface area contributed by atoms with Crippen LogP contribution in [-0.2, 0) is 9.53 Å². The molecule has 0 atom stereocenters. The molecule has 0 aliphatic rings. The third-order valence-electron chi connectivity index (χ3n) is 2.94. The van der Waals surface area contributed by atoms with Crippen LogP contribution in [0, 0.1) is 6.92 Å². The van der Waals surface area contributed by atoms with E-state index in [1.54, 1.807) is 30.5 Å². The van der Waals surface area contributed by atoms with Gasteiger partial charge in [0.2, 0.25) is 5.91 Å². The van der Waals surface area contributed by atoms with Gasteiger partial charge < -0.3 is 14.8 Å². The summed E-state index contributed by atoms with van der Waals surface area (Å²) in [6.07, 6.45) is 2.63. The van der Waals surface area contributed by atoms with Crippen molar-refractivity contribution in [2.24, 2.45) is 0 Å². The van der Waals surface area contributed by atoms with Gasteiger partial charge in [-0.2, -0.15) is 0 Å². The molecule has 1 aromatic heterocycles. The van der Waals surface area contributed by atoms with Crippen molar-refractivity contribution in [3.63, 3.8) is 0 Å². The first-order valence-corrected chi connectivity index (χ1v) is 7.93. The second-order valence-corrected chi connectivity index (χ2v) is 6.03. The monoisotopic (exact) mass is 334 g/mol. The lowest BCUT2D eigenvalue weighted by Gasteiger charge is -2.07. The van der Waals surface area contributed by atoms with Crippen molar-refractivity contribution in [3.8, 4) is 5.75 Å². The van der Waals surface area contributed by atoms with Gasteiger partial charge in [0.15, 0.2) is 5.13 Å². The number of carbonyl (C=O) groups excluding carboxylic acids is 2. The molecule has 122 valence electrons. The number of methoxy groups -OCH3 is 1. The van der Waals surface area contributed by atoms with Crippen LogP contribution in [-0.4, -0.2) is 30.6 Å². The second kappa shape index (κ2) is 8.28. The fraction of sp³-hybridized carbons (Fsp3) is 0.312. The van der Waals surface area contributed by atoms with Crippen LogP contribution in [0.15, 0.2) is 30.5 Å². The Morgan fingerprint density at radius 3 is 2.87 bits per heavy atom. The molecule has 0 unspecified atom stereocenters. The quantitative estimate of drug-likeness (QED) is 0.622. The van der Waals surface area contributed by atoms with Crippen LogP contribution in [0.4, 0.5) is 5.13 Å². The van der Waals surface area contributed by atoms with Crippen LogP contribution in [0.25, 0.3) is 0 Å². The largest absolute Gasteiger partial charge is 0.494 e. The van der Waals surface area contributed by atoms with Crippen molar-refractivity contribution in [2.75, 3.05) is 19.0 Å². The van der Waals surface area contributed by atoms with Crippen LogP contribution in [0.5, 0.6) is 5.75 Å². The molecule has 1 heterocycles. The number of nitrogens with zero attached hydrogens (tertiary/aromatic N) is 1. The molecule has 2 aromatic rings. The van der Waals surface area contributed by atoms with E-state index in [0.717, 1.165) is 4.88 Å². The van der Waals surface area contributed by atoms with E-state index in [2.05, 4.69) is 15.0 Å². The zero-order chi connectivity index (χ0) is 16.7. The number of hydrogen-bond donors (Lipinski definition) is 1. The predicted molar refractivity (Wildman–Crippen MR) is 88.0 cm³/mol. The summed E-state index contributed by atoms with van der Waals surface area (Å²) >= 11 is 1.44. The summed E-state index contributed by atoms with van der Waals surface area (Å²) in [6.45, 7) is 2.32. The maximum absolute atomic E-state index is 11.8. The normalized spacial score (nSPS) is 10.2. The fourth-order valence-electron chi connectivity index (χ4n) is 1.85. The average Bonchev–Trinajstić information content (AvgIpc) is 2.96. The molecule has 1 aromatic carbocycles. The molecule has 0 saturated heterocycles. The van der Waals surface area contributed by atoms with Crippen molar-refractivity contribution >= 4 is 28.3 Å². The molecule has 0 aliphatic heterocycles. The van der Waals surface area contributed by atoms with Crippen molar-refractivity contribution in [3.05, 3.63) is 40.9 Å². The Bertz CT molecular complexity index is 684. The van der Waals surface area contributed by atoms with E-state index < -0.39 is 5.97 Å². The number of thiazole rings is 1. The zero-order valence-electron chi connectivity index (χ0n) is 13.0. The Morgan fingerprint density at radius 2 is 2.17 bits per heavy atom. The van der Waals surface area contributed by atoms with Gasteiger partial charge in [0.25, 0.3) is 0 Å². The van der Waals surface area contributed by atoms with Gasteiger partial charge in [-0.15, -0.1) is 11.3 Å². The summed E-state index contributed by atoms with van der Waals surface area (Å²) < 4.78 is 10.2. The highest BCUT2D eigenvalue weighted by Gasteiger charge is 2.07. The van der Waals surface area contributed by atoms with Crippen LogP contribution < -0.4 is 10.1 Å². The lowest BCUT2D eigenvalue weighted by atomic mass is 10.2. The van der Waals surface area contributed by atoms with Gasteiger partial charge >= 0.3 is 5.97 Å². The highest BCUT2D eigenvalue weighted by atomic mass is 32.1. The zero-order valence-corrected chi connectivity index (χ0v) is 13.8. The highest BCUT2D eigenvalue weighted by Crippen LogP contribution is 2.17. The molecule has 0 spiro atoms. The van der Waals surface area contributed by atoms with Gasteiger partial charge in [-0.3, -0.25) is 4.79 Å². The predicted octanol–water partition coefficient (Wildman–Crippen LogP) is 3.04. The second-order valence-electron chi connectivity index (χ2n) is 4.80. The Hall–Kier alpha value is -2.41. The molecule has 0 radical (unpaired) electrons. The minimum Gasteiger partial charge on any atom is -0.494 e. The third kappa shape index (κ3) is 5.37. The van der Waals surface area contributed by atoms with Crippen molar-refractivity contribution < 1.29 is 19.1 Å². The molecule has 0 aliphatic carbocycles. The summed E-state index contributed by atoms with van der Waals surface area (Å²) in [7, 11) is 1.33. The van der Waals surface area contributed by atoms with E-state index in [0.29, 0.717) is 35.9 Å². The molecule has 6 nitrogen and oxygen atoms in total. The first-order chi connectivity index (χ1) is 11.1. The molecule has 23 heavy (non-hydrogen) atoms. The van der Waals surface area contributed by atoms with Crippen molar-refractivity contribution in [1.29, 1.82) is 0 Å². The maximum atomic E-state index is 11.8. The number of aryl methyl sites for hydroxylation is 1. The number of esters is 1. The number of nitrogens with one attached hydrogen (secondary N) is 1. The Balaban J connectivity index is 1.72. The number of carbonyl (C=O) groups is 2. The van der Waals surface area contributed by atoms with E-state index >= 15 is 0 Å². The molecule has 1 N–H and O–H groups in total. The Morgan fingerprint density at radius 1 is 1.35 bits per heavy atom. The molecular weight excluding hydrogens is 316 g/mol.